The van der Waals surface area contributed by atoms with Crippen molar-refractivity contribution >= 4 is 11.5 Å². The smallest absolute Gasteiger partial charge is 0.332 e. The summed E-state index contributed by atoms with van der Waals surface area (Å²) < 4.78 is 4.76. The van der Waals surface area contributed by atoms with Crippen molar-refractivity contribution < 1.29 is 9.53 Å². The number of allylic oxidation sites excluding steroid dienone is 1. The number of aryl methyl sites for hydroxylation is 1. The first kappa shape index (κ1) is 12.0. The molecule has 0 N–H and O–H groups in total. The lowest BCUT2D eigenvalue weighted by molar-refractivity contribution is -0.137. The first-order chi connectivity index (χ1) is 7.67. The molecule has 0 bridgehead atoms. The number of carbonyl (C=O) groups excluding carboxylic acids is 1. The van der Waals surface area contributed by atoms with Gasteiger partial charge in [-0.05, 0) is 19.4 Å². The van der Waals surface area contributed by atoms with Crippen LogP contribution in [0.1, 0.15) is 18.1 Å². The predicted molar refractivity (Wildman–Crippen MR) is 61.4 cm³/mol. The first-order valence-corrected chi connectivity index (χ1v) is 5.03. The molecule has 0 aromatic heterocycles. The zero-order valence-corrected chi connectivity index (χ0v) is 9.36. The Kier molecular flexibility index (Phi) is 4.28. The molecule has 1 rings (SSSR count). The summed E-state index contributed by atoms with van der Waals surface area (Å²) in [6, 6.07) is 9.43. The Labute approximate surface area is 95.0 Å². The van der Waals surface area contributed by atoms with Crippen LogP contribution in [0.4, 0.5) is 0 Å². The fourth-order valence-corrected chi connectivity index (χ4v) is 1.29. The van der Waals surface area contributed by atoms with Crippen LogP contribution in [0.15, 0.2) is 30.3 Å². The van der Waals surface area contributed by atoms with Gasteiger partial charge in [0.1, 0.15) is 6.07 Å². The second-order valence-electron chi connectivity index (χ2n) is 3.29. The van der Waals surface area contributed by atoms with Gasteiger partial charge in [-0.25, -0.2) is 4.79 Å². The lowest BCUT2D eigenvalue weighted by Crippen LogP contribution is -2.00. The minimum absolute atomic E-state index is 0.307. The molecular formula is C13H13NO2. The maximum atomic E-state index is 11.2. The molecule has 0 saturated heterocycles. The van der Waals surface area contributed by atoms with Gasteiger partial charge >= 0.3 is 5.97 Å². The van der Waals surface area contributed by atoms with Gasteiger partial charge in [-0.3, -0.25) is 0 Å². The van der Waals surface area contributed by atoms with Gasteiger partial charge in [0.2, 0.25) is 0 Å². The van der Waals surface area contributed by atoms with Crippen molar-refractivity contribution in [2.24, 2.45) is 0 Å². The fraction of sp³-hybridized carbons (Fsp3) is 0.231. The maximum absolute atomic E-state index is 11.2. The van der Waals surface area contributed by atoms with E-state index in [9.17, 15) is 4.79 Å². The highest BCUT2D eigenvalue weighted by Gasteiger charge is 2.04. The highest BCUT2D eigenvalue weighted by atomic mass is 16.5. The Morgan fingerprint density at radius 1 is 1.56 bits per heavy atom. The molecule has 0 aliphatic rings. The molecule has 0 atom stereocenters. The van der Waals surface area contributed by atoms with E-state index in [0.717, 1.165) is 11.1 Å². The fourth-order valence-electron chi connectivity index (χ4n) is 1.29. The normalized spacial score (nSPS) is 10.7. The van der Waals surface area contributed by atoms with Gasteiger partial charge in [0.05, 0.1) is 12.2 Å². The lowest BCUT2D eigenvalue weighted by atomic mass is 10.0. The van der Waals surface area contributed by atoms with Crippen LogP contribution in [0.25, 0.3) is 5.57 Å². The van der Waals surface area contributed by atoms with Crippen molar-refractivity contribution in [1.82, 2.24) is 0 Å². The van der Waals surface area contributed by atoms with E-state index in [2.05, 4.69) is 0 Å². The Morgan fingerprint density at radius 3 is 2.88 bits per heavy atom. The summed E-state index contributed by atoms with van der Waals surface area (Å²) in [5, 5.41) is 8.96. The SMILES string of the molecule is CCOC(=O)C=C(C#N)c1cccc(C)c1. The van der Waals surface area contributed by atoms with Crippen molar-refractivity contribution in [3.63, 3.8) is 0 Å². The van der Waals surface area contributed by atoms with Crippen LogP contribution in [0.3, 0.4) is 0 Å². The molecular weight excluding hydrogens is 202 g/mol. The molecule has 0 spiro atoms. The minimum atomic E-state index is -0.486. The molecule has 0 saturated carbocycles. The average Bonchev–Trinajstić information content (AvgIpc) is 2.26. The summed E-state index contributed by atoms with van der Waals surface area (Å²) in [7, 11) is 0. The van der Waals surface area contributed by atoms with E-state index in [-0.39, 0.29) is 0 Å². The summed E-state index contributed by atoms with van der Waals surface area (Å²) in [5.74, 6) is -0.486. The lowest BCUT2D eigenvalue weighted by Gasteiger charge is -2.01. The van der Waals surface area contributed by atoms with Gasteiger partial charge in [-0.1, -0.05) is 29.8 Å². The summed E-state index contributed by atoms with van der Waals surface area (Å²) in [5.41, 5.74) is 2.10. The topological polar surface area (TPSA) is 50.1 Å². The quantitative estimate of drug-likeness (QED) is 0.442. The molecule has 1 aromatic rings. The van der Waals surface area contributed by atoms with E-state index < -0.39 is 5.97 Å². The summed E-state index contributed by atoms with van der Waals surface area (Å²) in [4.78, 5) is 11.2. The van der Waals surface area contributed by atoms with Crippen LogP contribution in [0.5, 0.6) is 0 Å². The summed E-state index contributed by atoms with van der Waals surface area (Å²) in [6.07, 6.45) is 1.22. The number of esters is 1. The maximum Gasteiger partial charge on any atom is 0.332 e. The van der Waals surface area contributed by atoms with Crippen LogP contribution in [0, 0.1) is 18.3 Å². The monoisotopic (exact) mass is 215 g/mol. The van der Waals surface area contributed by atoms with E-state index in [1.807, 2.05) is 31.2 Å². The van der Waals surface area contributed by atoms with Gasteiger partial charge in [0.15, 0.2) is 0 Å². The van der Waals surface area contributed by atoms with Gasteiger partial charge in [0, 0.05) is 6.08 Å². The standard InChI is InChI=1S/C13H13NO2/c1-3-16-13(15)8-12(9-14)11-6-4-5-10(2)7-11/h4-8H,3H2,1-2H3. The van der Waals surface area contributed by atoms with Crippen LogP contribution in [-0.2, 0) is 9.53 Å². The van der Waals surface area contributed by atoms with Crippen molar-refractivity contribution in [2.75, 3.05) is 6.61 Å². The number of benzene rings is 1. The van der Waals surface area contributed by atoms with E-state index in [1.54, 1.807) is 13.0 Å². The zero-order chi connectivity index (χ0) is 12.0. The van der Waals surface area contributed by atoms with Gasteiger partial charge in [-0.15, -0.1) is 0 Å². The third-order valence-electron chi connectivity index (χ3n) is 2.00. The largest absolute Gasteiger partial charge is 0.463 e. The molecule has 16 heavy (non-hydrogen) atoms. The number of hydrogen-bond donors (Lipinski definition) is 0. The molecule has 0 aliphatic carbocycles. The predicted octanol–water partition coefficient (Wildman–Crippen LogP) is 2.47. The van der Waals surface area contributed by atoms with Gasteiger partial charge < -0.3 is 4.74 Å². The van der Waals surface area contributed by atoms with Crippen molar-refractivity contribution in [2.45, 2.75) is 13.8 Å². The van der Waals surface area contributed by atoms with E-state index in [1.165, 1.54) is 6.08 Å². The van der Waals surface area contributed by atoms with Gasteiger partial charge in [0.25, 0.3) is 0 Å². The molecule has 0 amide bonds. The minimum Gasteiger partial charge on any atom is -0.463 e. The summed E-state index contributed by atoms with van der Waals surface area (Å²) in [6.45, 7) is 3.97. The highest BCUT2D eigenvalue weighted by molar-refractivity contribution is 5.95. The first-order valence-electron chi connectivity index (χ1n) is 5.03. The Balaban J connectivity index is 3.00. The Hall–Kier alpha value is -2.08. The zero-order valence-electron chi connectivity index (χ0n) is 9.36. The van der Waals surface area contributed by atoms with Crippen LogP contribution >= 0.6 is 0 Å². The Morgan fingerprint density at radius 2 is 2.31 bits per heavy atom. The number of rotatable bonds is 3. The highest BCUT2D eigenvalue weighted by Crippen LogP contribution is 2.14. The van der Waals surface area contributed by atoms with Crippen LogP contribution < -0.4 is 0 Å². The molecule has 0 heterocycles. The second kappa shape index (κ2) is 5.72. The van der Waals surface area contributed by atoms with E-state index in [0.29, 0.717) is 12.2 Å². The van der Waals surface area contributed by atoms with Crippen LogP contribution in [0.2, 0.25) is 0 Å². The van der Waals surface area contributed by atoms with Crippen molar-refractivity contribution in [1.29, 1.82) is 5.26 Å². The third-order valence-corrected chi connectivity index (χ3v) is 2.00. The molecule has 0 unspecified atom stereocenters. The van der Waals surface area contributed by atoms with Crippen molar-refractivity contribution in [3.8, 4) is 6.07 Å². The summed E-state index contributed by atoms with van der Waals surface area (Å²) >= 11 is 0. The average molecular weight is 215 g/mol. The number of nitriles is 1. The molecule has 0 radical (unpaired) electrons. The van der Waals surface area contributed by atoms with Gasteiger partial charge in [-0.2, -0.15) is 5.26 Å². The third kappa shape index (κ3) is 3.25. The number of nitrogens with zero attached hydrogens (tertiary/aromatic N) is 1. The van der Waals surface area contributed by atoms with Crippen LogP contribution in [-0.4, -0.2) is 12.6 Å². The Bertz CT molecular complexity index is 455. The molecule has 3 nitrogen and oxygen atoms in total. The number of ether oxygens (including phenoxy) is 1. The van der Waals surface area contributed by atoms with Crippen molar-refractivity contribution in [3.05, 3.63) is 41.5 Å². The molecule has 3 heteroatoms. The molecule has 0 fully saturated rings. The molecule has 0 aliphatic heterocycles. The second-order valence-corrected chi connectivity index (χ2v) is 3.29. The van der Waals surface area contributed by atoms with E-state index in [4.69, 9.17) is 10.00 Å². The molecule has 82 valence electrons. The number of carbonyl (C=O) groups is 1. The molecule has 1 aromatic carbocycles. The number of hydrogen-bond acceptors (Lipinski definition) is 3. The van der Waals surface area contributed by atoms with E-state index >= 15 is 0 Å².